The van der Waals surface area contributed by atoms with Crippen molar-refractivity contribution in [3.63, 3.8) is 0 Å². The van der Waals surface area contributed by atoms with E-state index in [4.69, 9.17) is 4.74 Å². The second kappa shape index (κ2) is 9.40. The van der Waals surface area contributed by atoms with Crippen molar-refractivity contribution in [2.24, 2.45) is 5.92 Å². The largest absolute Gasteiger partial charge is 0.492 e. The summed E-state index contributed by atoms with van der Waals surface area (Å²) < 4.78 is 5.68. The van der Waals surface area contributed by atoms with Crippen LogP contribution in [0.4, 0.5) is 0 Å². The van der Waals surface area contributed by atoms with Crippen molar-refractivity contribution in [1.82, 2.24) is 9.80 Å². The molecule has 0 atom stereocenters. The number of hydrogen-bond acceptors (Lipinski definition) is 3. The van der Waals surface area contributed by atoms with E-state index in [1.807, 2.05) is 73.5 Å². The van der Waals surface area contributed by atoms with Gasteiger partial charge in [0, 0.05) is 31.6 Å². The highest BCUT2D eigenvalue weighted by Crippen LogP contribution is 2.22. The van der Waals surface area contributed by atoms with Crippen LogP contribution in [0.3, 0.4) is 0 Å². The number of nitrogens with zero attached hydrogens (tertiary/aromatic N) is 2. The van der Waals surface area contributed by atoms with Crippen LogP contribution in [-0.2, 0) is 4.79 Å². The van der Waals surface area contributed by atoms with Crippen LogP contribution in [0.15, 0.2) is 54.6 Å². The summed E-state index contributed by atoms with van der Waals surface area (Å²) in [5.74, 6) is 0.988. The maximum Gasteiger partial charge on any atom is 0.254 e. The Labute approximate surface area is 166 Å². The first-order valence-electron chi connectivity index (χ1n) is 9.84. The molecule has 0 saturated carbocycles. The van der Waals surface area contributed by atoms with Gasteiger partial charge in [-0.15, -0.1) is 0 Å². The van der Waals surface area contributed by atoms with Crippen LogP contribution in [-0.4, -0.2) is 54.9 Å². The van der Waals surface area contributed by atoms with Crippen molar-refractivity contribution in [3.8, 4) is 5.75 Å². The predicted molar refractivity (Wildman–Crippen MR) is 109 cm³/mol. The number of para-hydroxylation sites is 1. The Balaban J connectivity index is 1.45. The van der Waals surface area contributed by atoms with Crippen molar-refractivity contribution >= 4 is 11.8 Å². The minimum absolute atomic E-state index is 0.0253. The molecular weight excluding hydrogens is 352 g/mol. The van der Waals surface area contributed by atoms with Crippen molar-refractivity contribution in [1.29, 1.82) is 0 Å². The van der Waals surface area contributed by atoms with Crippen LogP contribution in [0, 0.1) is 12.8 Å². The van der Waals surface area contributed by atoms with Gasteiger partial charge in [-0.05, 0) is 43.5 Å². The SMILES string of the molecule is Cc1ccccc1C(=O)N1CCC(C(=O)N(C)CCOc2ccccc2)CC1. The molecule has 0 radical (unpaired) electrons. The molecule has 5 nitrogen and oxygen atoms in total. The molecule has 2 aromatic carbocycles. The summed E-state index contributed by atoms with van der Waals surface area (Å²) in [5, 5.41) is 0. The second-order valence-electron chi connectivity index (χ2n) is 7.30. The number of piperidine rings is 1. The molecule has 1 aliphatic rings. The Morgan fingerprint density at radius 2 is 1.68 bits per heavy atom. The molecule has 0 bridgehead atoms. The van der Waals surface area contributed by atoms with Crippen LogP contribution in [0.25, 0.3) is 0 Å². The summed E-state index contributed by atoms with van der Waals surface area (Å²) >= 11 is 0. The number of aryl methyl sites for hydroxylation is 1. The molecule has 1 saturated heterocycles. The number of likely N-dealkylation sites (N-methyl/N-ethyl adjacent to an activating group) is 1. The third kappa shape index (κ3) is 4.91. The van der Waals surface area contributed by atoms with E-state index in [1.54, 1.807) is 4.90 Å². The van der Waals surface area contributed by atoms with Gasteiger partial charge in [0.25, 0.3) is 5.91 Å². The Hall–Kier alpha value is -2.82. The van der Waals surface area contributed by atoms with Crippen molar-refractivity contribution < 1.29 is 14.3 Å². The van der Waals surface area contributed by atoms with Crippen LogP contribution in [0.2, 0.25) is 0 Å². The van der Waals surface area contributed by atoms with E-state index in [0.717, 1.165) is 16.9 Å². The average molecular weight is 380 g/mol. The first-order chi connectivity index (χ1) is 13.6. The maximum absolute atomic E-state index is 12.7. The van der Waals surface area contributed by atoms with E-state index < -0.39 is 0 Å². The molecule has 0 aromatic heterocycles. The molecule has 2 aromatic rings. The molecule has 2 amide bonds. The Morgan fingerprint density at radius 1 is 1.04 bits per heavy atom. The van der Waals surface area contributed by atoms with Gasteiger partial charge in [-0.2, -0.15) is 0 Å². The van der Waals surface area contributed by atoms with Gasteiger partial charge in [-0.25, -0.2) is 0 Å². The van der Waals surface area contributed by atoms with Crippen LogP contribution in [0.5, 0.6) is 5.75 Å². The molecule has 0 spiro atoms. The van der Waals surface area contributed by atoms with E-state index in [0.29, 0.717) is 39.1 Å². The van der Waals surface area contributed by atoms with Gasteiger partial charge in [0.05, 0.1) is 6.54 Å². The molecule has 28 heavy (non-hydrogen) atoms. The van der Waals surface area contributed by atoms with Crippen LogP contribution >= 0.6 is 0 Å². The third-order valence-electron chi connectivity index (χ3n) is 5.32. The van der Waals surface area contributed by atoms with Gasteiger partial charge in [0.15, 0.2) is 0 Å². The highest BCUT2D eigenvalue weighted by atomic mass is 16.5. The molecule has 1 aliphatic heterocycles. The van der Waals surface area contributed by atoms with Crippen molar-refractivity contribution in [3.05, 3.63) is 65.7 Å². The first-order valence-corrected chi connectivity index (χ1v) is 9.84. The van der Waals surface area contributed by atoms with E-state index in [9.17, 15) is 9.59 Å². The molecule has 0 N–H and O–H groups in total. The molecule has 3 rings (SSSR count). The smallest absolute Gasteiger partial charge is 0.254 e. The molecule has 0 aliphatic carbocycles. The fourth-order valence-electron chi connectivity index (χ4n) is 3.55. The summed E-state index contributed by atoms with van der Waals surface area (Å²) in [6.07, 6.45) is 1.42. The average Bonchev–Trinajstić information content (AvgIpc) is 2.74. The van der Waals surface area contributed by atoms with Crippen LogP contribution < -0.4 is 4.74 Å². The lowest BCUT2D eigenvalue weighted by atomic mass is 9.94. The lowest BCUT2D eigenvalue weighted by Gasteiger charge is -2.33. The maximum atomic E-state index is 12.7. The zero-order valence-electron chi connectivity index (χ0n) is 16.6. The number of hydrogen-bond donors (Lipinski definition) is 0. The fraction of sp³-hybridized carbons (Fsp3) is 0.391. The number of carbonyl (C=O) groups excluding carboxylic acids is 2. The highest BCUT2D eigenvalue weighted by molar-refractivity contribution is 5.95. The number of likely N-dealkylation sites (tertiary alicyclic amines) is 1. The molecule has 0 unspecified atom stereocenters. The van der Waals surface area contributed by atoms with E-state index in [1.165, 1.54) is 0 Å². The zero-order chi connectivity index (χ0) is 19.9. The van der Waals surface area contributed by atoms with Crippen molar-refractivity contribution in [2.45, 2.75) is 19.8 Å². The fourth-order valence-corrected chi connectivity index (χ4v) is 3.55. The van der Waals surface area contributed by atoms with E-state index >= 15 is 0 Å². The summed E-state index contributed by atoms with van der Waals surface area (Å²) in [5.41, 5.74) is 1.74. The minimum Gasteiger partial charge on any atom is -0.492 e. The van der Waals surface area contributed by atoms with E-state index in [-0.39, 0.29) is 17.7 Å². The monoisotopic (exact) mass is 380 g/mol. The van der Waals surface area contributed by atoms with Gasteiger partial charge in [0.1, 0.15) is 12.4 Å². The molecule has 5 heteroatoms. The normalized spacial score (nSPS) is 14.6. The van der Waals surface area contributed by atoms with Gasteiger partial charge < -0.3 is 14.5 Å². The quantitative estimate of drug-likeness (QED) is 0.772. The van der Waals surface area contributed by atoms with Crippen molar-refractivity contribution in [2.75, 3.05) is 33.3 Å². The number of rotatable bonds is 6. The summed E-state index contributed by atoms with van der Waals surface area (Å²) in [6.45, 7) is 4.22. The standard InChI is InChI=1S/C23H28N2O3/c1-18-8-6-7-11-21(18)23(27)25-14-12-19(13-15-25)22(26)24(2)16-17-28-20-9-4-3-5-10-20/h3-11,19H,12-17H2,1-2H3. The molecule has 1 fully saturated rings. The Morgan fingerprint density at radius 3 is 2.36 bits per heavy atom. The zero-order valence-corrected chi connectivity index (χ0v) is 16.6. The molecule has 1 heterocycles. The van der Waals surface area contributed by atoms with Gasteiger partial charge in [-0.3, -0.25) is 9.59 Å². The van der Waals surface area contributed by atoms with Crippen LogP contribution in [0.1, 0.15) is 28.8 Å². The highest BCUT2D eigenvalue weighted by Gasteiger charge is 2.29. The molecule has 148 valence electrons. The Bertz CT molecular complexity index is 799. The lowest BCUT2D eigenvalue weighted by Crippen LogP contribution is -2.44. The lowest BCUT2D eigenvalue weighted by molar-refractivity contribution is -0.135. The number of amides is 2. The predicted octanol–water partition coefficient (Wildman–Crippen LogP) is 3.38. The topological polar surface area (TPSA) is 49.9 Å². The van der Waals surface area contributed by atoms with E-state index in [2.05, 4.69) is 0 Å². The first kappa shape index (κ1) is 19.9. The minimum atomic E-state index is -0.0253. The summed E-state index contributed by atoms with van der Waals surface area (Å²) in [4.78, 5) is 29.0. The van der Waals surface area contributed by atoms with Gasteiger partial charge >= 0.3 is 0 Å². The molecular formula is C23H28N2O3. The summed E-state index contributed by atoms with van der Waals surface area (Å²) in [6, 6.07) is 17.3. The number of benzene rings is 2. The number of carbonyl (C=O) groups is 2. The van der Waals surface area contributed by atoms with Gasteiger partial charge in [0.2, 0.25) is 5.91 Å². The third-order valence-corrected chi connectivity index (χ3v) is 5.32. The van der Waals surface area contributed by atoms with Gasteiger partial charge in [-0.1, -0.05) is 36.4 Å². The second-order valence-corrected chi connectivity index (χ2v) is 7.30. The Kier molecular flexibility index (Phi) is 6.69. The summed E-state index contributed by atoms with van der Waals surface area (Å²) in [7, 11) is 1.82. The number of ether oxygens (including phenoxy) is 1.